The van der Waals surface area contributed by atoms with Gasteiger partial charge in [-0.15, -0.1) is 0 Å². The second-order valence-corrected chi connectivity index (χ2v) is 18.1. The number of methoxy groups -OCH3 is 3. The Bertz CT molecular complexity index is 2240. The molecule has 290 valence electrons. The zero-order valence-electron chi connectivity index (χ0n) is 32.7. The number of aromatic nitrogens is 1. The number of aliphatic hydroxyl groups is 1. The number of carbonyl (C=O) groups excluding carboxylic acids is 2. The maximum atomic E-state index is 14.5. The summed E-state index contributed by atoms with van der Waals surface area (Å²) in [5.41, 5.74) is 1.27. The van der Waals surface area contributed by atoms with Crippen molar-refractivity contribution in [2.24, 2.45) is 33.6 Å². The SMILES string of the molecule is CC[C@H]1C[C@H]2CN3CCc4c([nH]c5c([C@]6(O)C[C@H]7[C@]8(C(=O)OC)CO[C@@H]9N(C)[C@H]8C[C@]8(C6=Nc6ccccc68)[C@@]97CC)c(OC)ccc45)[C@](C(=O)OC)(C2)[C@H]13. The third kappa shape index (κ3) is 3.52. The largest absolute Gasteiger partial charge is 0.496 e. The van der Waals surface area contributed by atoms with Gasteiger partial charge in [0.2, 0.25) is 0 Å². The minimum absolute atomic E-state index is 0.0242. The molecule has 12 atom stereocenters. The number of esters is 2. The van der Waals surface area contributed by atoms with E-state index in [1.807, 2.05) is 12.1 Å². The van der Waals surface area contributed by atoms with Crippen LogP contribution in [0.25, 0.3) is 10.9 Å². The molecule has 0 amide bonds. The lowest BCUT2D eigenvalue weighted by molar-refractivity contribution is -0.364. The van der Waals surface area contributed by atoms with Crippen molar-refractivity contribution in [3.63, 3.8) is 0 Å². The van der Waals surface area contributed by atoms with Gasteiger partial charge in [-0.1, -0.05) is 38.5 Å². The number of ether oxygens (including phenoxy) is 4. The molecule has 9 heterocycles. The third-order valence-electron chi connectivity index (χ3n) is 16.9. The zero-order valence-corrected chi connectivity index (χ0v) is 32.7. The van der Waals surface area contributed by atoms with Gasteiger partial charge in [-0.3, -0.25) is 24.4 Å². The maximum Gasteiger partial charge on any atom is 0.319 e. The molecule has 9 fully saturated rings. The molecule has 1 unspecified atom stereocenters. The van der Waals surface area contributed by atoms with Crippen LogP contribution in [-0.2, 0) is 46.7 Å². The Morgan fingerprint density at radius 1 is 1.05 bits per heavy atom. The second-order valence-electron chi connectivity index (χ2n) is 18.1. The van der Waals surface area contributed by atoms with E-state index in [2.05, 4.69) is 59.9 Å². The Balaban J connectivity index is 1.20. The Kier molecular flexibility index (Phi) is 6.89. The van der Waals surface area contributed by atoms with E-state index in [-0.39, 0.29) is 49.2 Å². The molecule has 1 aromatic heterocycles. The van der Waals surface area contributed by atoms with Gasteiger partial charge in [-0.05, 0) is 92.7 Å². The quantitative estimate of drug-likeness (QED) is 0.331. The van der Waals surface area contributed by atoms with Gasteiger partial charge in [0.25, 0.3) is 0 Å². The fourth-order valence-electron chi connectivity index (χ4n) is 15.3. The van der Waals surface area contributed by atoms with Crippen LogP contribution >= 0.6 is 0 Å². The number of para-hydroxylation sites is 1. The molecular weight excluding hydrogens is 697 g/mol. The van der Waals surface area contributed by atoms with Gasteiger partial charge in [-0.2, -0.15) is 0 Å². The van der Waals surface area contributed by atoms with Gasteiger partial charge in [0.1, 0.15) is 28.4 Å². The smallest absolute Gasteiger partial charge is 0.319 e. The number of benzene rings is 2. The molecule has 3 saturated carbocycles. The number of rotatable bonds is 6. The normalized spacial score (nSPS) is 42.7. The maximum absolute atomic E-state index is 14.5. The number of nitrogens with zero attached hydrogens (tertiary/aromatic N) is 3. The third-order valence-corrected chi connectivity index (χ3v) is 16.9. The van der Waals surface area contributed by atoms with Crippen LogP contribution in [-0.4, -0.2) is 104 Å². The molecule has 2 N–H and O–H groups in total. The van der Waals surface area contributed by atoms with E-state index < -0.39 is 27.3 Å². The second kappa shape index (κ2) is 11.0. The average Bonchev–Trinajstić information content (AvgIpc) is 3.73. The number of aliphatic imine (C=N–C) groups is 1. The van der Waals surface area contributed by atoms with Crippen LogP contribution in [0.2, 0.25) is 0 Å². The lowest BCUT2D eigenvalue weighted by Crippen LogP contribution is -2.88. The number of nitrogens with one attached hydrogen (secondary N) is 1. The summed E-state index contributed by atoms with van der Waals surface area (Å²) in [5, 5.41) is 15.1. The topological polar surface area (TPSA) is 126 Å². The molecule has 8 aliphatic heterocycles. The number of H-pyrrole nitrogens is 1. The van der Waals surface area contributed by atoms with Crippen LogP contribution in [0.1, 0.15) is 74.8 Å². The number of carbonyl (C=O) groups is 2. The lowest BCUT2D eigenvalue weighted by atomic mass is 9.31. The summed E-state index contributed by atoms with van der Waals surface area (Å²) >= 11 is 0. The molecule has 6 saturated heterocycles. The molecule has 1 spiro atoms. The molecule has 2 aromatic carbocycles. The monoisotopic (exact) mass is 748 g/mol. The first-order chi connectivity index (χ1) is 26.6. The number of aromatic amines is 1. The van der Waals surface area contributed by atoms with E-state index in [9.17, 15) is 14.7 Å². The van der Waals surface area contributed by atoms with E-state index in [1.165, 1.54) is 14.2 Å². The van der Waals surface area contributed by atoms with Crippen molar-refractivity contribution < 1.29 is 33.6 Å². The standard InChI is InChI=1S/C44H52N4O7/c1-7-24-17-23-18-40(38(49)53-5)34-26(15-16-48(21-23)35(24)40)25-13-14-29(52-4)32(33(25)46-34)44(51)19-30-41(39(50)54-6)22-55-37-42(30,8-2)43(20-31(41)47(37)3)27-11-9-10-12-28(27)45-36(43)44/h9-14,23-24,30-31,35,37,46,51H,7-8,15-22H2,1-6H3/t23-,24+,30+,31+,35+,37+,40-,41-,42-,43+,44-/m1/s1. The summed E-state index contributed by atoms with van der Waals surface area (Å²) in [6.45, 7) is 6.56. The molecule has 0 radical (unpaired) electrons. The van der Waals surface area contributed by atoms with E-state index >= 15 is 0 Å². The minimum atomic E-state index is -1.65. The van der Waals surface area contributed by atoms with Crippen LogP contribution in [0.3, 0.4) is 0 Å². The van der Waals surface area contributed by atoms with Gasteiger partial charge >= 0.3 is 11.9 Å². The molecule has 3 aliphatic carbocycles. The number of hydrogen-bond donors (Lipinski definition) is 2. The van der Waals surface area contributed by atoms with Crippen molar-refractivity contribution in [3.05, 3.63) is 58.8 Å². The van der Waals surface area contributed by atoms with Crippen molar-refractivity contribution in [1.29, 1.82) is 0 Å². The van der Waals surface area contributed by atoms with Crippen molar-refractivity contribution in [2.75, 3.05) is 48.1 Å². The van der Waals surface area contributed by atoms with Crippen LogP contribution in [0.15, 0.2) is 41.4 Å². The molecular formula is C44H52N4O7. The molecule has 11 nitrogen and oxygen atoms in total. The highest BCUT2D eigenvalue weighted by Crippen LogP contribution is 2.79. The van der Waals surface area contributed by atoms with Gasteiger partial charge < -0.3 is 29.0 Å². The van der Waals surface area contributed by atoms with Crippen LogP contribution in [0.4, 0.5) is 5.69 Å². The molecule has 10 bridgehead atoms. The molecule has 3 aromatic rings. The Morgan fingerprint density at radius 3 is 2.60 bits per heavy atom. The molecule has 11 heteroatoms. The van der Waals surface area contributed by atoms with Gasteiger partial charge in [0.05, 0.1) is 55.8 Å². The highest BCUT2D eigenvalue weighted by atomic mass is 16.5. The fourth-order valence-corrected chi connectivity index (χ4v) is 15.3. The fraction of sp³-hybridized carbons (Fsp3) is 0.614. The van der Waals surface area contributed by atoms with Crippen molar-refractivity contribution >= 4 is 34.2 Å². The van der Waals surface area contributed by atoms with Crippen LogP contribution in [0, 0.1) is 28.6 Å². The Labute approximate surface area is 321 Å². The van der Waals surface area contributed by atoms with E-state index in [0.29, 0.717) is 35.3 Å². The first-order valence-electron chi connectivity index (χ1n) is 20.5. The van der Waals surface area contributed by atoms with Gasteiger partial charge in [-0.25, -0.2) is 0 Å². The van der Waals surface area contributed by atoms with Crippen LogP contribution < -0.4 is 4.74 Å². The number of fused-ring (bicyclic) bond motifs is 6. The highest BCUT2D eigenvalue weighted by Gasteiger charge is 2.86. The summed E-state index contributed by atoms with van der Waals surface area (Å²) in [6.07, 6.45) is 4.91. The van der Waals surface area contributed by atoms with Gasteiger partial charge in [0, 0.05) is 41.7 Å². The van der Waals surface area contributed by atoms with Crippen molar-refractivity contribution in [3.8, 4) is 5.75 Å². The predicted octanol–water partition coefficient (Wildman–Crippen LogP) is 5.13. The first kappa shape index (κ1) is 34.5. The van der Waals surface area contributed by atoms with Gasteiger partial charge in [0.15, 0.2) is 0 Å². The minimum Gasteiger partial charge on any atom is -0.496 e. The highest BCUT2D eigenvalue weighted by molar-refractivity contribution is 6.12. The van der Waals surface area contributed by atoms with E-state index in [1.54, 1.807) is 7.11 Å². The van der Waals surface area contributed by atoms with E-state index in [4.69, 9.17) is 23.9 Å². The van der Waals surface area contributed by atoms with Crippen molar-refractivity contribution in [2.45, 2.75) is 93.5 Å². The lowest BCUT2D eigenvalue weighted by Gasteiger charge is -2.79. The average molecular weight is 749 g/mol. The van der Waals surface area contributed by atoms with Crippen LogP contribution in [0.5, 0.6) is 5.75 Å². The molecule has 14 rings (SSSR count). The summed E-state index contributed by atoms with van der Waals surface area (Å²) in [5.74, 6) is 0.537. The zero-order chi connectivity index (χ0) is 38.0. The summed E-state index contributed by atoms with van der Waals surface area (Å²) < 4.78 is 24.5. The number of hydrogen-bond acceptors (Lipinski definition) is 10. The molecule has 55 heavy (non-hydrogen) atoms. The first-order valence-corrected chi connectivity index (χ1v) is 20.5. The predicted molar refractivity (Wildman–Crippen MR) is 204 cm³/mol. The molecule has 11 aliphatic rings. The summed E-state index contributed by atoms with van der Waals surface area (Å²) in [4.78, 5) is 43.2. The Hall–Kier alpha value is -3.77. The Morgan fingerprint density at radius 2 is 1.85 bits per heavy atom. The summed E-state index contributed by atoms with van der Waals surface area (Å²) in [7, 11) is 6.74. The summed E-state index contributed by atoms with van der Waals surface area (Å²) in [6, 6.07) is 12.2. The number of piperidine rings is 4. The van der Waals surface area contributed by atoms with Crippen molar-refractivity contribution in [1.82, 2.24) is 14.8 Å². The van der Waals surface area contributed by atoms with E-state index in [0.717, 1.165) is 78.6 Å².